The molecule has 1 saturated heterocycles. The zero-order valence-corrected chi connectivity index (χ0v) is 15.5. The molecule has 27 heavy (non-hydrogen) atoms. The fourth-order valence-corrected chi connectivity index (χ4v) is 3.90. The van der Waals surface area contributed by atoms with Crippen molar-refractivity contribution in [1.82, 2.24) is 19.9 Å². The van der Waals surface area contributed by atoms with Gasteiger partial charge < -0.3 is 4.90 Å². The zero-order chi connectivity index (χ0) is 18.2. The molecule has 0 spiro atoms. The predicted octanol–water partition coefficient (Wildman–Crippen LogP) is 4.61. The van der Waals surface area contributed by atoms with E-state index >= 15 is 0 Å². The van der Waals surface area contributed by atoms with E-state index in [1.807, 2.05) is 36.5 Å². The quantitative estimate of drug-likeness (QED) is 0.512. The molecule has 5 rings (SSSR count). The van der Waals surface area contributed by atoms with Gasteiger partial charge in [-0.05, 0) is 43.2 Å². The van der Waals surface area contributed by atoms with Gasteiger partial charge in [0.2, 0.25) is 0 Å². The van der Waals surface area contributed by atoms with E-state index in [4.69, 9.17) is 21.6 Å². The van der Waals surface area contributed by atoms with Crippen molar-refractivity contribution < 1.29 is 0 Å². The first-order valence-electron chi connectivity index (χ1n) is 9.15. The normalized spacial score (nSPS) is 15.5. The van der Waals surface area contributed by atoms with Gasteiger partial charge in [0.1, 0.15) is 5.82 Å². The van der Waals surface area contributed by atoms with Crippen molar-refractivity contribution in [2.45, 2.75) is 18.8 Å². The molecular formula is C21H18ClN5. The van der Waals surface area contributed by atoms with Crippen LogP contribution in [0.1, 0.15) is 24.5 Å². The van der Waals surface area contributed by atoms with Crippen LogP contribution >= 0.6 is 11.6 Å². The number of halogens is 1. The molecule has 1 aliphatic rings. The number of rotatable bonds is 2. The van der Waals surface area contributed by atoms with Crippen LogP contribution in [-0.2, 0) is 0 Å². The Morgan fingerprint density at radius 2 is 1.70 bits per heavy atom. The molecule has 3 aromatic heterocycles. The van der Waals surface area contributed by atoms with Crippen molar-refractivity contribution in [2.75, 3.05) is 18.0 Å². The van der Waals surface area contributed by atoms with Crippen LogP contribution in [-0.4, -0.2) is 33.0 Å². The minimum atomic E-state index is 0.441. The molecule has 1 aliphatic heterocycles. The van der Waals surface area contributed by atoms with E-state index in [0.717, 1.165) is 59.5 Å². The van der Waals surface area contributed by atoms with Crippen molar-refractivity contribution in [3.05, 3.63) is 65.6 Å². The van der Waals surface area contributed by atoms with Crippen LogP contribution in [0.15, 0.2) is 54.9 Å². The number of fused-ring (bicyclic) bond motifs is 2. The summed E-state index contributed by atoms with van der Waals surface area (Å²) < 4.78 is 0. The second kappa shape index (κ2) is 6.74. The maximum Gasteiger partial charge on any atom is 0.159 e. The minimum Gasteiger partial charge on any atom is -0.355 e. The summed E-state index contributed by atoms with van der Waals surface area (Å²) in [7, 11) is 0. The molecule has 4 aromatic rings. The van der Waals surface area contributed by atoms with E-state index < -0.39 is 0 Å². The first-order chi connectivity index (χ1) is 13.3. The average molecular weight is 376 g/mol. The molecule has 0 bridgehead atoms. The standard InChI is InChI=1S/C21H18ClN5/c22-16-11-15-5-6-17(26-21(15)24-12-16)14-7-9-27(10-8-14)20-13-23-18-3-1-2-4-19(18)25-20/h1-6,11-14H,7-10H2. The number of aromatic nitrogens is 4. The van der Waals surface area contributed by atoms with Crippen molar-refractivity contribution in [1.29, 1.82) is 0 Å². The van der Waals surface area contributed by atoms with Crippen molar-refractivity contribution in [2.24, 2.45) is 0 Å². The maximum atomic E-state index is 6.01. The molecule has 6 heteroatoms. The lowest BCUT2D eigenvalue weighted by atomic mass is 9.93. The van der Waals surface area contributed by atoms with Crippen LogP contribution in [0.3, 0.4) is 0 Å². The van der Waals surface area contributed by atoms with Crippen LogP contribution in [0.25, 0.3) is 22.1 Å². The smallest absolute Gasteiger partial charge is 0.159 e. The molecule has 1 fully saturated rings. The first kappa shape index (κ1) is 16.4. The van der Waals surface area contributed by atoms with Gasteiger partial charge in [0.05, 0.1) is 22.3 Å². The topological polar surface area (TPSA) is 54.8 Å². The molecule has 0 radical (unpaired) electrons. The van der Waals surface area contributed by atoms with Crippen LogP contribution < -0.4 is 4.90 Å². The molecule has 4 heterocycles. The van der Waals surface area contributed by atoms with Gasteiger partial charge in [0, 0.05) is 36.3 Å². The number of nitrogens with zero attached hydrogens (tertiary/aromatic N) is 5. The summed E-state index contributed by atoms with van der Waals surface area (Å²) in [5.74, 6) is 1.39. The number of benzene rings is 1. The van der Waals surface area contributed by atoms with Crippen LogP contribution in [0.2, 0.25) is 5.02 Å². The van der Waals surface area contributed by atoms with Crippen LogP contribution in [0, 0.1) is 0 Å². The Bertz CT molecular complexity index is 1120. The fraction of sp³-hybridized carbons (Fsp3) is 0.238. The molecule has 134 valence electrons. The number of hydrogen-bond acceptors (Lipinski definition) is 5. The van der Waals surface area contributed by atoms with E-state index in [1.165, 1.54) is 0 Å². The third kappa shape index (κ3) is 3.19. The molecule has 5 nitrogen and oxygen atoms in total. The Labute approximate surface area is 162 Å². The highest BCUT2D eigenvalue weighted by molar-refractivity contribution is 6.31. The molecule has 1 aromatic carbocycles. The highest BCUT2D eigenvalue weighted by Gasteiger charge is 2.23. The number of piperidine rings is 1. The van der Waals surface area contributed by atoms with Gasteiger partial charge in [-0.1, -0.05) is 23.7 Å². The van der Waals surface area contributed by atoms with Gasteiger partial charge in [-0.2, -0.15) is 0 Å². The van der Waals surface area contributed by atoms with E-state index in [-0.39, 0.29) is 0 Å². The Morgan fingerprint density at radius 1 is 0.889 bits per heavy atom. The van der Waals surface area contributed by atoms with Gasteiger partial charge in [0.15, 0.2) is 5.65 Å². The van der Waals surface area contributed by atoms with Gasteiger partial charge >= 0.3 is 0 Å². The molecule has 0 N–H and O–H groups in total. The monoisotopic (exact) mass is 375 g/mol. The number of anilines is 1. The molecule has 0 saturated carbocycles. The molecule has 0 atom stereocenters. The number of hydrogen-bond donors (Lipinski definition) is 0. The zero-order valence-electron chi connectivity index (χ0n) is 14.7. The second-order valence-corrected chi connectivity index (χ2v) is 7.35. The largest absolute Gasteiger partial charge is 0.355 e. The van der Waals surface area contributed by atoms with E-state index in [9.17, 15) is 0 Å². The third-order valence-corrected chi connectivity index (χ3v) is 5.41. The predicted molar refractivity (Wildman–Crippen MR) is 108 cm³/mol. The molecular weight excluding hydrogens is 358 g/mol. The summed E-state index contributed by atoms with van der Waals surface area (Å²) in [6, 6.07) is 14.1. The summed E-state index contributed by atoms with van der Waals surface area (Å²) in [6.07, 6.45) is 5.62. The first-order valence-corrected chi connectivity index (χ1v) is 9.53. The summed E-state index contributed by atoms with van der Waals surface area (Å²) in [6.45, 7) is 1.90. The average Bonchev–Trinajstić information content (AvgIpc) is 2.73. The van der Waals surface area contributed by atoms with Crippen molar-refractivity contribution in [3.63, 3.8) is 0 Å². The summed E-state index contributed by atoms with van der Waals surface area (Å²) in [5.41, 5.74) is 3.75. The summed E-state index contributed by atoms with van der Waals surface area (Å²) >= 11 is 6.01. The maximum absolute atomic E-state index is 6.01. The number of pyridine rings is 2. The third-order valence-electron chi connectivity index (χ3n) is 5.20. The Morgan fingerprint density at radius 3 is 2.56 bits per heavy atom. The lowest BCUT2D eigenvalue weighted by Gasteiger charge is -2.32. The van der Waals surface area contributed by atoms with Crippen LogP contribution in [0.5, 0.6) is 0 Å². The SMILES string of the molecule is Clc1cnc2nc(C3CCN(c4cnc5ccccc5n4)CC3)ccc2c1. The molecule has 0 aliphatic carbocycles. The Hall–Kier alpha value is -2.79. The van der Waals surface area contributed by atoms with Crippen molar-refractivity contribution >= 4 is 39.5 Å². The van der Waals surface area contributed by atoms with Gasteiger partial charge in [0.25, 0.3) is 0 Å². The Kier molecular flexibility index (Phi) is 4.09. The second-order valence-electron chi connectivity index (χ2n) is 6.91. The van der Waals surface area contributed by atoms with Gasteiger partial charge in [-0.3, -0.25) is 4.98 Å². The number of para-hydroxylation sites is 2. The van der Waals surface area contributed by atoms with Gasteiger partial charge in [-0.25, -0.2) is 15.0 Å². The van der Waals surface area contributed by atoms with E-state index in [2.05, 4.69) is 27.0 Å². The molecule has 0 unspecified atom stereocenters. The van der Waals surface area contributed by atoms with Gasteiger partial charge in [-0.15, -0.1) is 0 Å². The fourth-order valence-electron chi connectivity index (χ4n) is 3.73. The van der Waals surface area contributed by atoms with E-state index in [1.54, 1.807) is 6.20 Å². The van der Waals surface area contributed by atoms with Crippen LogP contribution in [0.4, 0.5) is 5.82 Å². The molecule has 0 amide bonds. The summed E-state index contributed by atoms with van der Waals surface area (Å²) in [4.78, 5) is 20.7. The highest BCUT2D eigenvalue weighted by Crippen LogP contribution is 2.30. The van der Waals surface area contributed by atoms with Crippen molar-refractivity contribution in [3.8, 4) is 0 Å². The lowest BCUT2D eigenvalue weighted by molar-refractivity contribution is 0.494. The summed E-state index contributed by atoms with van der Waals surface area (Å²) in [5, 5.41) is 1.62. The minimum absolute atomic E-state index is 0.441. The lowest BCUT2D eigenvalue weighted by Crippen LogP contribution is -2.33. The highest BCUT2D eigenvalue weighted by atomic mass is 35.5. The Balaban J connectivity index is 1.34. The van der Waals surface area contributed by atoms with E-state index in [0.29, 0.717) is 10.9 Å².